The topological polar surface area (TPSA) is 131 Å². The van der Waals surface area contributed by atoms with Gasteiger partial charge in [-0.25, -0.2) is 13.6 Å². The van der Waals surface area contributed by atoms with Crippen LogP contribution >= 0.6 is 0 Å². The van der Waals surface area contributed by atoms with Gasteiger partial charge in [-0.15, -0.1) is 0 Å². The molecule has 164 valence electrons. The molecule has 0 radical (unpaired) electrons. The van der Waals surface area contributed by atoms with Gasteiger partial charge in [0, 0.05) is 38.4 Å². The molecule has 11 heteroatoms. The highest BCUT2D eigenvalue weighted by atomic mass is 32.2. The number of carbonyl (C=O) groups is 2. The number of ether oxygens (including phenoxy) is 2. The lowest BCUT2D eigenvalue weighted by Gasteiger charge is -2.34. The second kappa shape index (κ2) is 8.53. The van der Waals surface area contributed by atoms with E-state index in [1.165, 1.54) is 29.2 Å². The number of nitrogens with two attached hydrogens (primary N) is 1. The van der Waals surface area contributed by atoms with Crippen molar-refractivity contribution < 1.29 is 27.5 Å². The zero-order valence-corrected chi connectivity index (χ0v) is 17.4. The molecule has 1 saturated heterocycles. The van der Waals surface area contributed by atoms with E-state index in [0.29, 0.717) is 38.4 Å². The van der Waals surface area contributed by atoms with E-state index in [1.54, 1.807) is 0 Å². The average molecular weight is 446 g/mol. The van der Waals surface area contributed by atoms with Crippen LogP contribution in [0.25, 0.3) is 0 Å². The fourth-order valence-corrected chi connectivity index (χ4v) is 3.98. The molecule has 2 aliphatic heterocycles. The van der Waals surface area contributed by atoms with E-state index in [2.05, 4.69) is 10.2 Å². The Morgan fingerprint density at radius 1 is 0.968 bits per heavy atom. The lowest BCUT2D eigenvalue weighted by molar-refractivity contribution is -0.144. The number of hydrogen-bond donors (Lipinski definition) is 2. The second-order valence-electron chi connectivity index (χ2n) is 7.28. The third kappa shape index (κ3) is 4.95. The number of piperazine rings is 1. The number of nitrogens with zero attached hydrogens (tertiary/aromatic N) is 2. The van der Waals surface area contributed by atoms with Gasteiger partial charge in [0.05, 0.1) is 4.90 Å². The first kappa shape index (κ1) is 21.1. The first-order chi connectivity index (χ1) is 14.8. The highest BCUT2D eigenvalue weighted by Gasteiger charge is 2.26. The van der Waals surface area contributed by atoms with Crippen LogP contribution in [0.15, 0.2) is 47.4 Å². The Labute approximate surface area is 179 Å². The predicted molar refractivity (Wildman–Crippen MR) is 111 cm³/mol. The molecule has 0 bridgehead atoms. The number of hydrogen-bond acceptors (Lipinski definition) is 7. The van der Waals surface area contributed by atoms with Crippen LogP contribution in [-0.2, 0) is 26.2 Å². The maximum atomic E-state index is 12.5. The van der Waals surface area contributed by atoms with Gasteiger partial charge < -0.3 is 19.7 Å². The maximum Gasteiger partial charge on any atom is 0.313 e. The first-order valence-corrected chi connectivity index (χ1v) is 11.2. The van der Waals surface area contributed by atoms with Gasteiger partial charge in [-0.1, -0.05) is 6.07 Å². The molecule has 1 fully saturated rings. The minimum atomic E-state index is -3.82. The SMILES string of the molecule is NS(=O)(=O)c1ccc(NC(=O)C(=O)N2CCN(Cc3ccc4c(c3)OCO4)CC2)cc1. The van der Waals surface area contributed by atoms with E-state index in [0.717, 1.165) is 17.1 Å². The van der Waals surface area contributed by atoms with Crippen LogP contribution < -0.4 is 19.9 Å². The first-order valence-electron chi connectivity index (χ1n) is 9.63. The van der Waals surface area contributed by atoms with Crippen LogP contribution in [0, 0.1) is 0 Å². The molecule has 0 atom stereocenters. The molecule has 3 N–H and O–H groups in total. The van der Waals surface area contributed by atoms with Crippen LogP contribution in [0.4, 0.5) is 5.69 Å². The van der Waals surface area contributed by atoms with Gasteiger partial charge in [0.2, 0.25) is 16.8 Å². The van der Waals surface area contributed by atoms with E-state index >= 15 is 0 Å². The zero-order chi connectivity index (χ0) is 22.0. The number of sulfonamides is 1. The Balaban J connectivity index is 1.28. The van der Waals surface area contributed by atoms with E-state index in [9.17, 15) is 18.0 Å². The van der Waals surface area contributed by atoms with E-state index in [4.69, 9.17) is 14.6 Å². The molecule has 4 rings (SSSR count). The number of fused-ring (bicyclic) bond motifs is 1. The molecule has 0 saturated carbocycles. The highest BCUT2D eigenvalue weighted by Crippen LogP contribution is 2.32. The summed E-state index contributed by atoms with van der Waals surface area (Å²) in [6.07, 6.45) is 0. The number of primary sulfonamides is 1. The van der Waals surface area contributed by atoms with Gasteiger partial charge in [0.25, 0.3) is 0 Å². The smallest absolute Gasteiger partial charge is 0.313 e. The third-order valence-corrected chi connectivity index (χ3v) is 6.07. The van der Waals surface area contributed by atoms with Gasteiger partial charge in [-0.05, 0) is 42.0 Å². The molecule has 0 spiro atoms. The van der Waals surface area contributed by atoms with Crippen molar-refractivity contribution >= 4 is 27.5 Å². The molecule has 0 aromatic heterocycles. The van der Waals surface area contributed by atoms with E-state index in [-0.39, 0.29) is 11.7 Å². The zero-order valence-electron chi connectivity index (χ0n) is 16.6. The lowest BCUT2D eigenvalue weighted by Crippen LogP contribution is -2.51. The summed E-state index contributed by atoms with van der Waals surface area (Å²) >= 11 is 0. The quantitative estimate of drug-likeness (QED) is 0.648. The second-order valence-corrected chi connectivity index (χ2v) is 8.84. The number of rotatable bonds is 4. The summed E-state index contributed by atoms with van der Waals surface area (Å²) in [5, 5.41) is 7.53. The van der Waals surface area contributed by atoms with Crippen molar-refractivity contribution in [3.63, 3.8) is 0 Å². The Hall–Kier alpha value is -3.15. The van der Waals surface area contributed by atoms with Crippen molar-refractivity contribution in [2.24, 2.45) is 5.14 Å². The summed E-state index contributed by atoms with van der Waals surface area (Å²) in [6, 6.07) is 11.1. The minimum absolute atomic E-state index is 0.0737. The van der Waals surface area contributed by atoms with Crippen LogP contribution in [0.1, 0.15) is 5.56 Å². The Bertz CT molecular complexity index is 1100. The molecule has 2 aromatic carbocycles. The number of anilines is 1. The Kier molecular flexibility index (Phi) is 5.81. The summed E-state index contributed by atoms with van der Waals surface area (Å²) < 4.78 is 33.3. The summed E-state index contributed by atoms with van der Waals surface area (Å²) in [7, 11) is -3.82. The number of benzene rings is 2. The van der Waals surface area contributed by atoms with E-state index in [1.807, 2.05) is 18.2 Å². The number of nitrogens with one attached hydrogen (secondary N) is 1. The molecule has 2 amide bonds. The fourth-order valence-electron chi connectivity index (χ4n) is 3.46. The van der Waals surface area contributed by atoms with Crippen molar-refractivity contribution in [1.82, 2.24) is 9.80 Å². The molecule has 10 nitrogen and oxygen atoms in total. The van der Waals surface area contributed by atoms with Crippen LogP contribution in [-0.4, -0.2) is 63.0 Å². The molecule has 2 aliphatic rings. The summed E-state index contributed by atoms with van der Waals surface area (Å²) in [5.41, 5.74) is 1.40. The third-order valence-electron chi connectivity index (χ3n) is 5.14. The predicted octanol–water partition coefficient (Wildman–Crippen LogP) is 0.346. The van der Waals surface area contributed by atoms with Crippen LogP contribution in [0.2, 0.25) is 0 Å². The van der Waals surface area contributed by atoms with Gasteiger partial charge in [0.1, 0.15) is 0 Å². The van der Waals surface area contributed by atoms with E-state index < -0.39 is 21.8 Å². The molecule has 2 heterocycles. The Morgan fingerprint density at radius 3 is 2.32 bits per heavy atom. The van der Waals surface area contributed by atoms with Crippen molar-refractivity contribution in [2.75, 3.05) is 38.3 Å². The van der Waals surface area contributed by atoms with Crippen molar-refractivity contribution in [3.05, 3.63) is 48.0 Å². The lowest BCUT2D eigenvalue weighted by atomic mass is 10.1. The molecule has 0 aliphatic carbocycles. The summed E-state index contributed by atoms with van der Waals surface area (Å²) in [5.74, 6) is 0.0791. The van der Waals surface area contributed by atoms with Gasteiger partial charge in [-0.3, -0.25) is 14.5 Å². The number of amides is 2. The highest BCUT2D eigenvalue weighted by molar-refractivity contribution is 7.89. The number of carbonyl (C=O) groups excluding carboxylic acids is 2. The molecule has 2 aromatic rings. The monoisotopic (exact) mass is 446 g/mol. The largest absolute Gasteiger partial charge is 0.454 e. The Morgan fingerprint density at radius 2 is 1.65 bits per heavy atom. The van der Waals surface area contributed by atoms with Gasteiger partial charge >= 0.3 is 11.8 Å². The fraction of sp³-hybridized carbons (Fsp3) is 0.300. The van der Waals surface area contributed by atoms with Crippen LogP contribution in [0.5, 0.6) is 11.5 Å². The van der Waals surface area contributed by atoms with Gasteiger partial charge in [0.15, 0.2) is 11.5 Å². The normalized spacial score (nSPS) is 16.2. The molecule has 31 heavy (non-hydrogen) atoms. The molecule has 0 unspecified atom stereocenters. The average Bonchev–Trinajstić information content (AvgIpc) is 3.21. The molecular formula is C20H22N4O6S. The van der Waals surface area contributed by atoms with Crippen molar-refractivity contribution in [3.8, 4) is 11.5 Å². The van der Waals surface area contributed by atoms with Crippen molar-refractivity contribution in [2.45, 2.75) is 11.4 Å². The minimum Gasteiger partial charge on any atom is -0.454 e. The van der Waals surface area contributed by atoms with Crippen molar-refractivity contribution in [1.29, 1.82) is 0 Å². The molecular weight excluding hydrogens is 424 g/mol. The van der Waals surface area contributed by atoms with Gasteiger partial charge in [-0.2, -0.15) is 0 Å². The summed E-state index contributed by atoms with van der Waals surface area (Å²) in [6.45, 7) is 3.08. The maximum absolute atomic E-state index is 12.5. The van der Waals surface area contributed by atoms with Crippen LogP contribution in [0.3, 0.4) is 0 Å². The standard InChI is InChI=1S/C20H22N4O6S/c21-31(27,28)16-4-2-15(3-5-16)22-19(25)20(26)24-9-7-23(8-10-24)12-14-1-6-17-18(11-14)30-13-29-17/h1-6,11H,7-10,12-13H2,(H,22,25)(H2,21,27,28). The summed E-state index contributed by atoms with van der Waals surface area (Å²) in [4.78, 5) is 28.4.